The molecule has 0 aromatic heterocycles. The van der Waals surface area contributed by atoms with Gasteiger partial charge in [0.1, 0.15) is 0 Å². The number of carbonyl (C=O) groups is 3. The quantitative estimate of drug-likeness (QED) is 0.416. The summed E-state index contributed by atoms with van der Waals surface area (Å²) in [6, 6.07) is -1.58. The topological polar surface area (TPSA) is 141 Å². The molecule has 1 amide bonds. The zero-order valence-corrected chi connectivity index (χ0v) is 12.0. The lowest BCUT2D eigenvalue weighted by atomic mass is 9.80. The average Bonchev–Trinajstić information content (AvgIpc) is 2.88. The van der Waals surface area contributed by atoms with Gasteiger partial charge < -0.3 is 22.5 Å². The third-order valence-electron chi connectivity index (χ3n) is 3.60. The predicted molar refractivity (Wildman–Crippen MR) is 74.6 cm³/mol. The standard InChI is InChI=1S/C13H24N4O3/c1-7(2)6-8(14)10(18)13(16,12(15)20)11(19)9-4-3-5-17-9/h7-9,17H,3-6,14,16H2,1-2H3,(H2,15,20). The van der Waals surface area contributed by atoms with Gasteiger partial charge in [-0.25, -0.2) is 0 Å². The second-order valence-corrected chi connectivity index (χ2v) is 5.79. The van der Waals surface area contributed by atoms with Crippen molar-refractivity contribution in [3.63, 3.8) is 0 Å². The van der Waals surface area contributed by atoms with E-state index in [4.69, 9.17) is 17.2 Å². The summed E-state index contributed by atoms with van der Waals surface area (Å²) < 4.78 is 0. The van der Waals surface area contributed by atoms with E-state index in [2.05, 4.69) is 5.32 Å². The Morgan fingerprint density at radius 1 is 1.35 bits per heavy atom. The van der Waals surface area contributed by atoms with Crippen LogP contribution in [0.4, 0.5) is 0 Å². The lowest BCUT2D eigenvalue weighted by Gasteiger charge is -2.28. The number of carbonyl (C=O) groups excluding carboxylic acids is 3. The maximum Gasteiger partial charge on any atom is 0.253 e. The first kappa shape index (κ1) is 16.7. The van der Waals surface area contributed by atoms with E-state index < -0.39 is 35.1 Å². The van der Waals surface area contributed by atoms with Gasteiger partial charge in [0.25, 0.3) is 5.91 Å². The first-order valence-corrected chi connectivity index (χ1v) is 6.87. The van der Waals surface area contributed by atoms with Gasteiger partial charge in [-0.05, 0) is 31.7 Å². The molecule has 1 aliphatic heterocycles. The minimum atomic E-state index is -2.34. The molecule has 114 valence electrons. The van der Waals surface area contributed by atoms with Crippen molar-refractivity contribution in [2.45, 2.75) is 50.7 Å². The van der Waals surface area contributed by atoms with Crippen molar-refractivity contribution >= 4 is 17.5 Å². The number of hydrogen-bond acceptors (Lipinski definition) is 6. The largest absolute Gasteiger partial charge is 0.367 e. The zero-order valence-electron chi connectivity index (χ0n) is 12.0. The Hall–Kier alpha value is -1.31. The van der Waals surface area contributed by atoms with Crippen LogP contribution in [0.2, 0.25) is 0 Å². The Labute approximate surface area is 118 Å². The fraction of sp³-hybridized carbons (Fsp3) is 0.769. The van der Waals surface area contributed by atoms with Gasteiger partial charge in [-0.2, -0.15) is 0 Å². The second kappa shape index (κ2) is 6.43. The summed E-state index contributed by atoms with van der Waals surface area (Å²) in [4.78, 5) is 36.3. The highest BCUT2D eigenvalue weighted by atomic mass is 16.2. The summed E-state index contributed by atoms with van der Waals surface area (Å²) in [5.74, 6) is -2.46. The third kappa shape index (κ3) is 3.23. The number of Topliss-reactive ketones (excluding diaryl/α,β-unsaturated/α-hetero) is 2. The molecular formula is C13H24N4O3. The summed E-state index contributed by atoms with van der Waals surface area (Å²) in [5.41, 5.74) is 14.4. The lowest BCUT2D eigenvalue weighted by molar-refractivity contribution is -0.143. The van der Waals surface area contributed by atoms with Crippen LogP contribution in [0.3, 0.4) is 0 Å². The Kier molecular flexibility index (Phi) is 5.38. The molecule has 0 saturated carbocycles. The molecule has 3 unspecified atom stereocenters. The van der Waals surface area contributed by atoms with Gasteiger partial charge in [-0.1, -0.05) is 13.8 Å². The smallest absolute Gasteiger partial charge is 0.253 e. The van der Waals surface area contributed by atoms with E-state index >= 15 is 0 Å². The molecule has 1 saturated heterocycles. The van der Waals surface area contributed by atoms with Crippen molar-refractivity contribution < 1.29 is 14.4 Å². The molecular weight excluding hydrogens is 260 g/mol. The molecule has 1 fully saturated rings. The Morgan fingerprint density at radius 2 is 1.95 bits per heavy atom. The molecule has 20 heavy (non-hydrogen) atoms. The molecule has 7 N–H and O–H groups in total. The summed E-state index contributed by atoms with van der Waals surface area (Å²) >= 11 is 0. The molecule has 0 aromatic carbocycles. The molecule has 7 nitrogen and oxygen atoms in total. The fourth-order valence-corrected chi connectivity index (χ4v) is 2.45. The number of rotatable bonds is 7. The molecule has 0 radical (unpaired) electrons. The number of nitrogens with one attached hydrogen (secondary N) is 1. The highest BCUT2D eigenvalue weighted by Crippen LogP contribution is 2.17. The van der Waals surface area contributed by atoms with Crippen molar-refractivity contribution in [2.75, 3.05) is 6.54 Å². The third-order valence-corrected chi connectivity index (χ3v) is 3.60. The predicted octanol–water partition coefficient (Wildman–Crippen LogP) is -1.57. The van der Waals surface area contributed by atoms with Gasteiger partial charge in [-0.3, -0.25) is 14.4 Å². The van der Waals surface area contributed by atoms with Crippen LogP contribution in [0.15, 0.2) is 0 Å². The maximum atomic E-state index is 12.4. The van der Waals surface area contributed by atoms with E-state index in [1.165, 1.54) is 0 Å². The van der Waals surface area contributed by atoms with Gasteiger partial charge in [0.05, 0.1) is 12.1 Å². The van der Waals surface area contributed by atoms with Crippen molar-refractivity contribution in [1.29, 1.82) is 0 Å². The summed E-state index contributed by atoms with van der Waals surface area (Å²) in [6.07, 6.45) is 1.67. The van der Waals surface area contributed by atoms with E-state index in [0.717, 1.165) is 6.42 Å². The summed E-state index contributed by atoms with van der Waals surface area (Å²) in [7, 11) is 0. The highest BCUT2D eigenvalue weighted by molar-refractivity contribution is 6.30. The Balaban J connectivity index is 2.98. The van der Waals surface area contributed by atoms with E-state index in [1.807, 2.05) is 13.8 Å². The normalized spacial score (nSPS) is 23.4. The zero-order chi connectivity index (χ0) is 15.5. The van der Waals surface area contributed by atoms with Crippen LogP contribution in [0.5, 0.6) is 0 Å². The van der Waals surface area contributed by atoms with Gasteiger partial charge in [0.15, 0.2) is 11.6 Å². The number of primary amides is 1. The molecule has 0 aromatic rings. The highest BCUT2D eigenvalue weighted by Gasteiger charge is 2.51. The maximum absolute atomic E-state index is 12.4. The summed E-state index contributed by atoms with van der Waals surface area (Å²) in [6.45, 7) is 4.42. The minimum Gasteiger partial charge on any atom is -0.367 e. The van der Waals surface area contributed by atoms with Crippen molar-refractivity contribution in [3.8, 4) is 0 Å². The lowest BCUT2D eigenvalue weighted by Crippen LogP contribution is -2.70. The summed E-state index contributed by atoms with van der Waals surface area (Å²) in [5, 5.41) is 2.92. The van der Waals surface area contributed by atoms with E-state index in [9.17, 15) is 14.4 Å². The molecule has 0 spiro atoms. The monoisotopic (exact) mass is 284 g/mol. The van der Waals surface area contributed by atoms with Gasteiger partial charge >= 0.3 is 0 Å². The fourth-order valence-electron chi connectivity index (χ4n) is 2.45. The average molecular weight is 284 g/mol. The van der Waals surface area contributed by atoms with Gasteiger partial charge in [0, 0.05) is 0 Å². The first-order valence-electron chi connectivity index (χ1n) is 6.87. The van der Waals surface area contributed by atoms with E-state index in [-0.39, 0.29) is 5.92 Å². The van der Waals surface area contributed by atoms with Crippen LogP contribution >= 0.6 is 0 Å². The number of hydrogen-bond donors (Lipinski definition) is 4. The van der Waals surface area contributed by atoms with Crippen LogP contribution in [-0.2, 0) is 14.4 Å². The van der Waals surface area contributed by atoms with Gasteiger partial charge in [-0.15, -0.1) is 0 Å². The van der Waals surface area contributed by atoms with Crippen LogP contribution < -0.4 is 22.5 Å². The molecule has 3 atom stereocenters. The number of nitrogens with two attached hydrogens (primary N) is 3. The SMILES string of the molecule is CC(C)CC(N)C(=O)C(N)(C(N)=O)C(=O)C1CCCN1. The Bertz CT molecular complexity index is 404. The Morgan fingerprint density at radius 3 is 2.35 bits per heavy atom. The molecule has 1 aliphatic rings. The van der Waals surface area contributed by atoms with E-state index in [0.29, 0.717) is 19.4 Å². The molecule has 7 heteroatoms. The van der Waals surface area contributed by atoms with Crippen molar-refractivity contribution in [2.24, 2.45) is 23.1 Å². The van der Waals surface area contributed by atoms with Crippen LogP contribution in [0.25, 0.3) is 0 Å². The van der Waals surface area contributed by atoms with E-state index in [1.54, 1.807) is 0 Å². The number of ketones is 2. The second-order valence-electron chi connectivity index (χ2n) is 5.79. The van der Waals surface area contributed by atoms with Crippen LogP contribution in [0, 0.1) is 5.92 Å². The van der Waals surface area contributed by atoms with Crippen LogP contribution in [-0.4, -0.2) is 41.6 Å². The minimum absolute atomic E-state index is 0.144. The van der Waals surface area contributed by atoms with Gasteiger partial charge in [0.2, 0.25) is 5.54 Å². The molecule has 1 rings (SSSR count). The molecule has 1 heterocycles. The van der Waals surface area contributed by atoms with Crippen LogP contribution in [0.1, 0.15) is 33.1 Å². The molecule has 0 aliphatic carbocycles. The van der Waals surface area contributed by atoms with Crippen molar-refractivity contribution in [1.82, 2.24) is 5.32 Å². The number of amides is 1. The first-order chi connectivity index (χ1) is 9.21. The molecule has 0 bridgehead atoms. The van der Waals surface area contributed by atoms with Crippen molar-refractivity contribution in [3.05, 3.63) is 0 Å².